The Morgan fingerprint density at radius 3 is 1.74 bits per heavy atom. The lowest BCUT2D eigenvalue weighted by Gasteiger charge is -2.37. The molecule has 0 fully saturated rings. The fraction of sp³-hybridized carbons (Fsp3) is 0.300. The van der Waals surface area contributed by atoms with Crippen LogP contribution < -0.4 is 9.80 Å². The SMILES string of the molecule is O=C(O)c1ccccc1C(=O)c1cc2c3c(c1O)CCCN3CCC2.O=C1OC(=O)c2ccccc21.Oc1ccc2c3c1CCCN3CCC2. The summed E-state index contributed by atoms with van der Waals surface area (Å²) in [6.45, 7) is 4.30. The zero-order valence-electron chi connectivity index (χ0n) is 27.6. The first-order valence-corrected chi connectivity index (χ1v) is 17.2. The number of ketones is 1. The third-order valence-electron chi connectivity index (χ3n) is 10.1. The molecule has 0 aromatic heterocycles. The van der Waals surface area contributed by atoms with Crippen molar-refractivity contribution in [2.45, 2.75) is 51.4 Å². The van der Waals surface area contributed by atoms with Gasteiger partial charge in [0.25, 0.3) is 0 Å². The van der Waals surface area contributed by atoms with Gasteiger partial charge < -0.3 is 29.9 Å². The van der Waals surface area contributed by atoms with Gasteiger partial charge in [0.1, 0.15) is 11.5 Å². The Balaban J connectivity index is 0.000000131. The van der Waals surface area contributed by atoms with E-state index in [2.05, 4.69) is 20.6 Å². The molecule has 50 heavy (non-hydrogen) atoms. The van der Waals surface area contributed by atoms with Crippen LogP contribution in [0, 0.1) is 0 Å². The average Bonchev–Trinajstić information content (AvgIpc) is 3.44. The summed E-state index contributed by atoms with van der Waals surface area (Å²) in [4.78, 5) is 50.8. The Hall–Kier alpha value is -5.64. The number of anilines is 2. The largest absolute Gasteiger partial charge is 0.508 e. The van der Waals surface area contributed by atoms with E-state index in [4.69, 9.17) is 0 Å². The molecule has 4 aromatic carbocycles. The van der Waals surface area contributed by atoms with Crippen molar-refractivity contribution in [1.82, 2.24) is 0 Å². The minimum absolute atomic E-state index is 0.00976. The van der Waals surface area contributed by atoms with Gasteiger partial charge in [-0.25, -0.2) is 14.4 Å². The van der Waals surface area contributed by atoms with Crippen LogP contribution in [0.15, 0.2) is 66.7 Å². The molecule has 4 aromatic rings. The fourth-order valence-corrected chi connectivity index (χ4v) is 7.82. The molecule has 0 unspecified atom stereocenters. The van der Waals surface area contributed by atoms with Crippen LogP contribution in [-0.2, 0) is 30.4 Å². The minimum atomic E-state index is -1.14. The number of esters is 2. The molecule has 0 saturated heterocycles. The molecule has 10 nitrogen and oxygen atoms in total. The maximum Gasteiger partial charge on any atom is 0.346 e. The highest BCUT2D eigenvalue weighted by Gasteiger charge is 2.31. The van der Waals surface area contributed by atoms with Crippen LogP contribution in [0.3, 0.4) is 0 Å². The number of carboxylic acid groups (broad SMARTS) is 1. The second-order valence-electron chi connectivity index (χ2n) is 13.1. The van der Waals surface area contributed by atoms with Gasteiger partial charge in [-0.15, -0.1) is 0 Å². The highest BCUT2D eigenvalue weighted by atomic mass is 16.6. The lowest BCUT2D eigenvalue weighted by atomic mass is 9.86. The van der Waals surface area contributed by atoms with Crippen molar-refractivity contribution >= 4 is 35.1 Å². The zero-order chi connectivity index (χ0) is 34.9. The maximum absolute atomic E-state index is 13.0. The van der Waals surface area contributed by atoms with Crippen LogP contribution in [-0.4, -0.2) is 65.2 Å². The topological polar surface area (TPSA) is 145 Å². The zero-order valence-corrected chi connectivity index (χ0v) is 27.6. The third-order valence-corrected chi connectivity index (χ3v) is 10.1. The molecular formula is C40H38N2O8. The molecular weight excluding hydrogens is 636 g/mol. The minimum Gasteiger partial charge on any atom is -0.508 e. The van der Waals surface area contributed by atoms with Gasteiger partial charge in [0.2, 0.25) is 0 Å². The Kier molecular flexibility index (Phi) is 9.01. The molecule has 0 atom stereocenters. The molecule has 9 rings (SSSR count). The highest BCUT2D eigenvalue weighted by molar-refractivity contribution is 6.16. The smallest absolute Gasteiger partial charge is 0.346 e. The monoisotopic (exact) mass is 674 g/mol. The third kappa shape index (κ3) is 6.06. The van der Waals surface area contributed by atoms with Crippen molar-refractivity contribution in [2.24, 2.45) is 0 Å². The lowest BCUT2D eigenvalue weighted by Crippen LogP contribution is -2.34. The van der Waals surface area contributed by atoms with E-state index in [1.54, 1.807) is 42.5 Å². The Morgan fingerprint density at radius 1 is 0.600 bits per heavy atom. The van der Waals surface area contributed by atoms with Gasteiger partial charge in [0, 0.05) is 54.2 Å². The first-order chi connectivity index (χ1) is 24.2. The summed E-state index contributed by atoms with van der Waals surface area (Å²) in [6.07, 6.45) is 8.26. The Labute approximate surface area is 289 Å². The number of fused-ring (bicyclic) bond motifs is 1. The standard InChI is InChI=1S/C20H19NO4.C12H15NO.C8H4O3/c22-18(13-6-1-2-7-14(13)20(24)25)16-11-12-5-3-9-21-10-4-8-15(17(12)21)19(16)23;14-11-6-5-9-3-1-7-13-8-2-4-10(11)12(9)13;9-7-5-3-1-2-4-6(5)8(10)11-7/h1-2,6-7,11,23H,3-5,8-10H2,(H,24,25);5-6,14H,1-4,7-8H2;1-4H. The van der Waals surface area contributed by atoms with Gasteiger partial charge in [-0.2, -0.15) is 0 Å². The van der Waals surface area contributed by atoms with E-state index in [1.807, 2.05) is 6.07 Å². The number of rotatable bonds is 3. The number of phenolic OH excluding ortho intramolecular Hbond substituents is 2. The summed E-state index contributed by atoms with van der Waals surface area (Å²) in [7, 11) is 0. The summed E-state index contributed by atoms with van der Waals surface area (Å²) >= 11 is 0. The second kappa shape index (κ2) is 13.7. The van der Waals surface area contributed by atoms with Crippen molar-refractivity contribution in [2.75, 3.05) is 36.0 Å². The number of carbonyl (C=O) groups excluding carboxylic acids is 3. The molecule has 0 aliphatic carbocycles. The number of nitrogens with zero attached hydrogens (tertiary/aromatic N) is 2. The maximum atomic E-state index is 13.0. The van der Waals surface area contributed by atoms with Crippen molar-refractivity contribution < 1.29 is 39.2 Å². The van der Waals surface area contributed by atoms with Gasteiger partial charge in [0.05, 0.1) is 22.3 Å². The lowest BCUT2D eigenvalue weighted by molar-refractivity contribution is 0.0442. The Morgan fingerprint density at radius 2 is 1.12 bits per heavy atom. The molecule has 3 N–H and O–H groups in total. The summed E-state index contributed by atoms with van der Waals surface area (Å²) in [6, 6.07) is 18.4. The van der Waals surface area contributed by atoms with E-state index in [0.29, 0.717) is 16.9 Å². The number of cyclic esters (lactones) is 2. The number of benzene rings is 4. The molecule has 0 saturated carbocycles. The number of aromatic carboxylic acids is 1. The van der Waals surface area contributed by atoms with Crippen LogP contribution in [0.1, 0.15) is 94.9 Å². The van der Waals surface area contributed by atoms with Gasteiger partial charge in [-0.1, -0.05) is 36.4 Å². The quantitative estimate of drug-likeness (QED) is 0.132. The number of aryl methyl sites for hydroxylation is 2. The molecule has 0 radical (unpaired) electrons. The van der Waals surface area contributed by atoms with Gasteiger partial charge in [-0.05, 0) is 92.8 Å². The Bertz CT molecular complexity index is 2000. The molecule has 5 aliphatic rings. The van der Waals surface area contributed by atoms with Crippen molar-refractivity contribution in [3.8, 4) is 11.5 Å². The number of ether oxygens (including phenoxy) is 1. The predicted octanol–water partition coefficient (Wildman–Crippen LogP) is 6.11. The molecule has 0 amide bonds. The van der Waals surface area contributed by atoms with Gasteiger partial charge >= 0.3 is 17.9 Å². The van der Waals surface area contributed by atoms with Crippen LogP contribution in [0.2, 0.25) is 0 Å². The normalized spacial score (nSPS) is 16.4. The first-order valence-electron chi connectivity index (χ1n) is 17.2. The first kappa shape index (κ1) is 32.9. The predicted molar refractivity (Wildman–Crippen MR) is 187 cm³/mol. The average molecular weight is 675 g/mol. The van der Waals surface area contributed by atoms with E-state index in [1.165, 1.54) is 61.3 Å². The number of aromatic hydroxyl groups is 2. The number of carbonyl (C=O) groups is 4. The summed E-state index contributed by atoms with van der Waals surface area (Å²) in [5.74, 6) is -2.17. The van der Waals surface area contributed by atoms with E-state index in [9.17, 15) is 34.5 Å². The van der Waals surface area contributed by atoms with E-state index in [-0.39, 0.29) is 22.4 Å². The van der Waals surface area contributed by atoms with E-state index in [0.717, 1.165) is 62.0 Å². The second-order valence-corrected chi connectivity index (χ2v) is 13.1. The highest BCUT2D eigenvalue weighted by Crippen LogP contribution is 2.43. The van der Waals surface area contributed by atoms with Crippen LogP contribution in [0.4, 0.5) is 11.4 Å². The van der Waals surface area contributed by atoms with Crippen LogP contribution in [0.5, 0.6) is 11.5 Å². The van der Waals surface area contributed by atoms with E-state index >= 15 is 0 Å². The van der Waals surface area contributed by atoms with Crippen LogP contribution >= 0.6 is 0 Å². The van der Waals surface area contributed by atoms with Gasteiger partial charge in [-0.3, -0.25) is 4.79 Å². The number of phenols is 2. The van der Waals surface area contributed by atoms with E-state index < -0.39 is 23.7 Å². The van der Waals surface area contributed by atoms with Crippen molar-refractivity contribution in [3.63, 3.8) is 0 Å². The molecule has 5 aliphatic heterocycles. The molecule has 0 bridgehead atoms. The number of hydrogen-bond acceptors (Lipinski definition) is 9. The molecule has 256 valence electrons. The molecule has 10 heteroatoms. The number of carboxylic acids is 1. The van der Waals surface area contributed by atoms with Gasteiger partial charge in [0.15, 0.2) is 5.78 Å². The van der Waals surface area contributed by atoms with Crippen molar-refractivity contribution in [1.29, 1.82) is 0 Å². The van der Waals surface area contributed by atoms with Crippen molar-refractivity contribution in [3.05, 3.63) is 117 Å². The summed E-state index contributed by atoms with van der Waals surface area (Å²) in [5.41, 5.74) is 7.97. The summed E-state index contributed by atoms with van der Waals surface area (Å²) < 4.78 is 4.35. The number of hydrogen-bond donors (Lipinski definition) is 3. The van der Waals surface area contributed by atoms with Crippen LogP contribution in [0.25, 0.3) is 0 Å². The fourth-order valence-electron chi connectivity index (χ4n) is 7.82. The summed E-state index contributed by atoms with van der Waals surface area (Å²) in [5, 5.41) is 29.9. The molecule has 0 spiro atoms. The molecule has 5 heterocycles.